The van der Waals surface area contributed by atoms with E-state index in [1.807, 2.05) is 0 Å². The molecule has 0 unspecified atom stereocenters. The van der Waals surface area contributed by atoms with Gasteiger partial charge in [0.25, 0.3) is 10.0 Å². The maximum atomic E-state index is 14.1. The molecular weight excluding hydrogens is 555 g/mol. The average molecular weight is 572 g/mol. The minimum Gasteiger partial charge on any atom is -0.497 e. The van der Waals surface area contributed by atoms with E-state index in [9.17, 15) is 47.9 Å². The summed E-state index contributed by atoms with van der Waals surface area (Å²) in [4.78, 5) is 5.64. The molecule has 0 spiro atoms. The van der Waals surface area contributed by atoms with Gasteiger partial charge in [0.05, 0.1) is 7.11 Å². The fourth-order valence-electron chi connectivity index (χ4n) is 3.21. The maximum Gasteiger partial charge on any atom is 0.460 e. The van der Waals surface area contributed by atoms with E-state index in [0.29, 0.717) is 11.6 Å². The van der Waals surface area contributed by atoms with Gasteiger partial charge in [-0.15, -0.1) is 0 Å². The zero-order chi connectivity index (χ0) is 27.2. The number of piperazine rings is 1. The molecule has 1 aliphatic rings. The molecular formula is C18H17F9N4O3S2. The van der Waals surface area contributed by atoms with Gasteiger partial charge in [-0.25, -0.2) is 13.4 Å². The first-order valence-corrected chi connectivity index (χ1v) is 12.1. The van der Waals surface area contributed by atoms with Gasteiger partial charge in [0.1, 0.15) is 11.6 Å². The smallest absolute Gasteiger partial charge is 0.460 e. The largest absolute Gasteiger partial charge is 0.497 e. The Hall–Kier alpha value is -2.34. The molecule has 3 rings (SSSR count). The van der Waals surface area contributed by atoms with Crippen LogP contribution in [0.1, 0.15) is 11.4 Å². The first kappa shape index (κ1) is 28.2. The lowest BCUT2D eigenvalue weighted by Crippen LogP contribution is -2.66. The third-order valence-electron chi connectivity index (χ3n) is 5.24. The van der Waals surface area contributed by atoms with Gasteiger partial charge in [-0.1, -0.05) is 12.1 Å². The van der Waals surface area contributed by atoms with E-state index >= 15 is 0 Å². The summed E-state index contributed by atoms with van der Waals surface area (Å²) in [6.07, 6.45) is -6.83. The Labute approximate surface area is 202 Å². The Morgan fingerprint density at radius 2 is 1.58 bits per heavy atom. The van der Waals surface area contributed by atoms with Gasteiger partial charge in [0, 0.05) is 44.1 Å². The van der Waals surface area contributed by atoms with Crippen molar-refractivity contribution < 1.29 is 52.7 Å². The van der Waals surface area contributed by atoms with Crippen LogP contribution in [-0.2, 0) is 16.4 Å². The van der Waals surface area contributed by atoms with Crippen LogP contribution in [0.2, 0.25) is 0 Å². The molecule has 36 heavy (non-hydrogen) atoms. The molecule has 0 atom stereocenters. The summed E-state index contributed by atoms with van der Waals surface area (Å²) in [5, 5.41) is -6.50. The van der Waals surface area contributed by atoms with Crippen LogP contribution in [0, 0.1) is 0 Å². The highest BCUT2D eigenvalue weighted by atomic mass is 32.2. The predicted molar refractivity (Wildman–Crippen MR) is 109 cm³/mol. The quantitative estimate of drug-likeness (QED) is 0.445. The standard InChI is InChI=1S/C18H17F9N4O3S2/c1-34-12-4-2-3-11(9-12)10-13-28-14(35-29-13)30-5-7-31(8-6-30)36(32,33)18(26,27)16(21,22)15(19,20)17(23,24)25/h2-4,9H,5-8,10H2,1H3. The van der Waals surface area contributed by atoms with Crippen molar-refractivity contribution in [2.75, 3.05) is 38.2 Å². The number of anilines is 1. The molecule has 0 aliphatic carbocycles. The minimum atomic E-state index is -7.30. The van der Waals surface area contributed by atoms with Crippen molar-refractivity contribution >= 4 is 26.7 Å². The van der Waals surface area contributed by atoms with E-state index in [4.69, 9.17) is 4.74 Å². The number of halogens is 9. The zero-order valence-corrected chi connectivity index (χ0v) is 19.7. The third-order valence-corrected chi connectivity index (χ3v) is 8.01. The molecule has 1 saturated heterocycles. The van der Waals surface area contributed by atoms with Gasteiger partial charge < -0.3 is 9.64 Å². The Balaban J connectivity index is 1.71. The van der Waals surface area contributed by atoms with E-state index in [0.717, 1.165) is 17.1 Å². The van der Waals surface area contributed by atoms with Crippen molar-refractivity contribution in [3.05, 3.63) is 35.7 Å². The third kappa shape index (κ3) is 4.81. The van der Waals surface area contributed by atoms with Crippen LogP contribution in [0.3, 0.4) is 0 Å². The van der Waals surface area contributed by atoms with Gasteiger partial charge in [-0.2, -0.15) is 48.2 Å². The van der Waals surface area contributed by atoms with Gasteiger partial charge in [-0.05, 0) is 17.7 Å². The zero-order valence-electron chi connectivity index (χ0n) is 18.1. The second kappa shape index (κ2) is 9.51. The highest BCUT2D eigenvalue weighted by Gasteiger charge is 2.85. The first-order valence-electron chi connectivity index (χ1n) is 9.86. The number of benzene rings is 1. The van der Waals surface area contributed by atoms with Crippen molar-refractivity contribution in [2.24, 2.45) is 0 Å². The van der Waals surface area contributed by atoms with E-state index in [1.165, 1.54) is 12.0 Å². The number of ether oxygens (including phenoxy) is 1. The lowest BCUT2D eigenvalue weighted by Gasteiger charge is -2.38. The SMILES string of the molecule is COc1cccc(Cc2nsc(N3CCN(S(=O)(=O)C(F)(F)C(F)(F)C(F)(F)C(F)(F)F)CC3)n2)c1. The second-order valence-corrected chi connectivity index (χ2v) is 10.3. The van der Waals surface area contributed by atoms with Crippen LogP contribution < -0.4 is 9.64 Å². The van der Waals surface area contributed by atoms with Crippen LogP contribution >= 0.6 is 11.5 Å². The van der Waals surface area contributed by atoms with Crippen LogP contribution in [0.5, 0.6) is 5.75 Å². The number of nitrogens with zero attached hydrogens (tertiary/aromatic N) is 4. The monoisotopic (exact) mass is 572 g/mol. The van der Waals surface area contributed by atoms with Crippen molar-refractivity contribution in [2.45, 2.75) is 29.7 Å². The molecule has 0 radical (unpaired) electrons. The molecule has 0 saturated carbocycles. The molecule has 1 aromatic carbocycles. The van der Waals surface area contributed by atoms with E-state index in [-0.39, 0.29) is 28.9 Å². The molecule has 1 aliphatic heterocycles. The van der Waals surface area contributed by atoms with Gasteiger partial charge in [-0.3, -0.25) is 0 Å². The predicted octanol–water partition coefficient (Wildman–Crippen LogP) is 4.02. The van der Waals surface area contributed by atoms with Crippen LogP contribution in [0.4, 0.5) is 44.6 Å². The van der Waals surface area contributed by atoms with E-state index < -0.39 is 46.4 Å². The molecule has 18 heteroatoms. The lowest BCUT2D eigenvalue weighted by molar-refractivity contribution is -0.382. The molecule has 1 fully saturated rings. The normalized spacial score (nSPS) is 16.9. The summed E-state index contributed by atoms with van der Waals surface area (Å²) in [5.41, 5.74) is 0.799. The Kier molecular flexibility index (Phi) is 7.46. The summed E-state index contributed by atoms with van der Waals surface area (Å²) < 4.78 is 152. The van der Waals surface area contributed by atoms with E-state index in [2.05, 4.69) is 9.36 Å². The van der Waals surface area contributed by atoms with Crippen molar-refractivity contribution in [1.82, 2.24) is 13.7 Å². The molecule has 7 nitrogen and oxygen atoms in total. The van der Waals surface area contributed by atoms with E-state index in [1.54, 1.807) is 24.3 Å². The summed E-state index contributed by atoms with van der Waals surface area (Å²) >= 11 is 0.883. The number of hydrogen-bond donors (Lipinski definition) is 0. The number of rotatable bonds is 8. The molecule has 0 amide bonds. The number of methoxy groups -OCH3 is 1. The number of sulfonamides is 1. The molecule has 0 N–H and O–H groups in total. The number of aromatic nitrogens is 2. The molecule has 1 aromatic heterocycles. The summed E-state index contributed by atoms with van der Waals surface area (Å²) in [7, 11) is -5.13. The Morgan fingerprint density at radius 1 is 0.972 bits per heavy atom. The summed E-state index contributed by atoms with van der Waals surface area (Å²) in [6.45, 7) is -2.55. The average Bonchev–Trinajstić information content (AvgIpc) is 3.26. The molecule has 2 heterocycles. The molecule has 0 bridgehead atoms. The lowest BCUT2D eigenvalue weighted by atomic mass is 10.1. The Bertz CT molecular complexity index is 1180. The summed E-state index contributed by atoms with van der Waals surface area (Å²) in [6, 6.07) is 6.99. The first-order chi connectivity index (χ1) is 16.5. The number of alkyl halides is 9. The fourth-order valence-corrected chi connectivity index (χ4v) is 5.37. The van der Waals surface area contributed by atoms with Gasteiger partial charge >= 0.3 is 23.3 Å². The molecule has 202 valence electrons. The van der Waals surface area contributed by atoms with Crippen LogP contribution in [0.15, 0.2) is 24.3 Å². The second-order valence-electron chi connectivity index (χ2n) is 7.58. The highest BCUT2D eigenvalue weighted by molar-refractivity contribution is 7.90. The maximum absolute atomic E-state index is 14.1. The molecule has 2 aromatic rings. The van der Waals surface area contributed by atoms with Crippen molar-refractivity contribution in [3.8, 4) is 5.75 Å². The minimum absolute atomic E-state index is 0.241. The van der Waals surface area contributed by atoms with Gasteiger partial charge in [0.15, 0.2) is 0 Å². The van der Waals surface area contributed by atoms with Crippen molar-refractivity contribution in [3.63, 3.8) is 0 Å². The summed E-state index contributed by atoms with van der Waals surface area (Å²) in [5.74, 6) is -13.6. The highest BCUT2D eigenvalue weighted by Crippen LogP contribution is 2.55. The topological polar surface area (TPSA) is 75.6 Å². The Morgan fingerprint density at radius 3 is 2.14 bits per heavy atom. The fraction of sp³-hybridized carbons (Fsp3) is 0.556. The van der Waals surface area contributed by atoms with Gasteiger partial charge in [0.2, 0.25) is 5.13 Å². The van der Waals surface area contributed by atoms with Crippen LogP contribution in [0.25, 0.3) is 0 Å². The number of hydrogen-bond acceptors (Lipinski definition) is 7. The van der Waals surface area contributed by atoms with Crippen LogP contribution in [-0.4, -0.2) is 78.6 Å². The van der Waals surface area contributed by atoms with Crippen molar-refractivity contribution in [1.29, 1.82) is 0 Å².